The molecule has 0 aliphatic carbocycles. The predicted molar refractivity (Wildman–Crippen MR) is 92.1 cm³/mol. The molecule has 1 aliphatic heterocycles. The first kappa shape index (κ1) is 14.7. The molecule has 1 unspecified atom stereocenters. The quantitative estimate of drug-likeness (QED) is 0.752. The van der Waals surface area contributed by atoms with Gasteiger partial charge in [0.15, 0.2) is 0 Å². The van der Waals surface area contributed by atoms with Crippen molar-refractivity contribution in [2.24, 2.45) is 0 Å². The van der Waals surface area contributed by atoms with Gasteiger partial charge in [-0.15, -0.1) is 0 Å². The highest BCUT2D eigenvalue weighted by molar-refractivity contribution is 6.30. The Morgan fingerprint density at radius 3 is 2.92 bits per heavy atom. The van der Waals surface area contributed by atoms with E-state index < -0.39 is 6.04 Å². The third kappa shape index (κ3) is 2.51. The summed E-state index contributed by atoms with van der Waals surface area (Å²) >= 11 is 5.95. The fourth-order valence-corrected chi connectivity index (χ4v) is 3.08. The number of hydrogen-bond donors (Lipinski definition) is 2. The van der Waals surface area contributed by atoms with E-state index in [-0.39, 0.29) is 18.2 Å². The van der Waals surface area contributed by atoms with E-state index in [9.17, 15) is 9.59 Å². The molecule has 1 aromatic heterocycles. The number of carbonyl (C=O) groups is 2. The maximum atomic E-state index is 12.7. The number of imidazole rings is 1. The Hall–Kier alpha value is -2.86. The number of benzene rings is 2. The Kier molecular flexibility index (Phi) is 3.46. The lowest BCUT2D eigenvalue weighted by Crippen LogP contribution is -2.35. The van der Waals surface area contributed by atoms with Crippen molar-refractivity contribution in [3.63, 3.8) is 0 Å². The molecule has 2 heterocycles. The molecule has 2 N–H and O–H groups in total. The van der Waals surface area contributed by atoms with Gasteiger partial charge in [0.1, 0.15) is 6.04 Å². The number of amides is 2. The van der Waals surface area contributed by atoms with Gasteiger partial charge in [0.2, 0.25) is 17.8 Å². The summed E-state index contributed by atoms with van der Waals surface area (Å²) in [5, 5.41) is 6.07. The molecule has 0 saturated carbocycles. The third-order valence-corrected chi connectivity index (χ3v) is 4.17. The molecular weight excluding hydrogens is 328 g/mol. The van der Waals surface area contributed by atoms with Gasteiger partial charge in [-0.3, -0.25) is 19.5 Å². The Labute approximate surface area is 142 Å². The smallest absolute Gasteiger partial charge is 0.248 e. The second kappa shape index (κ2) is 5.65. The molecule has 0 saturated heterocycles. The Bertz CT molecular complexity index is 966. The topological polar surface area (TPSA) is 76.0 Å². The van der Waals surface area contributed by atoms with Crippen LogP contribution in [0.5, 0.6) is 0 Å². The minimum absolute atomic E-state index is 0.0553. The van der Waals surface area contributed by atoms with Crippen molar-refractivity contribution in [2.75, 3.05) is 10.6 Å². The van der Waals surface area contributed by atoms with Gasteiger partial charge in [-0.05, 0) is 30.3 Å². The van der Waals surface area contributed by atoms with Crippen molar-refractivity contribution in [3.05, 3.63) is 53.6 Å². The molecule has 2 aromatic carbocycles. The summed E-state index contributed by atoms with van der Waals surface area (Å²) in [4.78, 5) is 29.1. The molecule has 6 nitrogen and oxygen atoms in total. The normalized spacial score (nSPS) is 16.5. The number of para-hydroxylation sites is 2. The first-order valence-corrected chi connectivity index (χ1v) is 7.83. The molecular formula is C17H13ClN4O2. The van der Waals surface area contributed by atoms with Gasteiger partial charge in [-0.2, -0.15) is 0 Å². The SMILES string of the molecule is O=C1CC(C(=O)Nc2cccc(Cl)c2)n2c(nc3ccccc32)N1. The lowest BCUT2D eigenvalue weighted by Gasteiger charge is -2.25. The summed E-state index contributed by atoms with van der Waals surface area (Å²) in [7, 11) is 0. The van der Waals surface area contributed by atoms with Crippen LogP contribution in [0.2, 0.25) is 5.02 Å². The van der Waals surface area contributed by atoms with Crippen molar-refractivity contribution < 1.29 is 9.59 Å². The van der Waals surface area contributed by atoms with Crippen LogP contribution in [0.25, 0.3) is 11.0 Å². The van der Waals surface area contributed by atoms with E-state index in [4.69, 9.17) is 11.6 Å². The van der Waals surface area contributed by atoms with Crippen molar-refractivity contribution in [3.8, 4) is 0 Å². The Morgan fingerprint density at radius 2 is 2.08 bits per heavy atom. The number of halogens is 1. The first-order valence-electron chi connectivity index (χ1n) is 7.45. The van der Waals surface area contributed by atoms with Gasteiger partial charge in [0, 0.05) is 10.7 Å². The van der Waals surface area contributed by atoms with Gasteiger partial charge in [-0.25, -0.2) is 4.98 Å². The molecule has 0 radical (unpaired) electrons. The van der Waals surface area contributed by atoms with Crippen LogP contribution in [-0.2, 0) is 9.59 Å². The van der Waals surface area contributed by atoms with Crippen LogP contribution < -0.4 is 10.6 Å². The molecule has 2 amide bonds. The van der Waals surface area contributed by atoms with Crippen LogP contribution in [0.1, 0.15) is 12.5 Å². The summed E-state index contributed by atoms with van der Waals surface area (Å²) in [5.74, 6) is -0.126. The van der Waals surface area contributed by atoms with E-state index in [1.807, 2.05) is 24.3 Å². The lowest BCUT2D eigenvalue weighted by atomic mass is 10.1. The summed E-state index contributed by atoms with van der Waals surface area (Å²) < 4.78 is 1.76. The molecule has 0 fully saturated rings. The van der Waals surface area contributed by atoms with Crippen molar-refractivity contribution >= 4 is 46.1 Å². The lowest BCUT2D eigenvalue weighted by molar-refractivity contribution is -0.124. The summed E-state index contributed by atoms with van der Waals surface area (Å²) in [5.41, 5.74) is 2.12. The van der Waals surface area contributed by atoms with Crippen LogP contribution >= 0.6 is 11.6 Å². The van der Waals surface area contributed by atoms with Crippen LogP contribution in [-0.4, -0.2) is 21.4 Å². The van der Waals surface area contributed by atoms with Crippen molar-refractivity contribution in [1.29, 1.82) is 0 Å². The van der Waals surface area contributed by atoms with Gasteiger partial charge in [0.25, 0.3) is 0 Å². The molecule has 3 aromatic rings. The van der Waals surface area contributed by atoms with E-state index in [1.165, 1.54) is 0 Å². The Balaban J connectivity index is 1.73. The van der Waals surface area contributed by atoms with E-state index >= 15 is 0 Å². The third-order valence-electron chi connectivity index (χ3n) is 3.93. The van der Waals surface area contributed by atoms with E-state index in [0.29, 0.717) is 16.7 Å². The van der Waals surface area contributed by atoms with Gasteiger partial charge in [0.05, 0.1) is 17.5 Å². The molecule has 7 heteroatoms. The molecule has 1 aliphatic rings. The van der Waals surface area contributed by atoms with Gasteiger partial charge >= 0.3 is 0 Å². The van der Waals surface area contributed by atoms with E-state index in [2.05, 4.69) is 15.6 Å². The zero-order valence-electron chi connectivity index (χ0n) is 12.5. The van der Waals surface area contributed by atoms with Crippen LogP contribution in [0.3, 0.4) is 0 Å². The number of nitrogens with one attached hydrogen (secondary N) is 2. The summed E-state index contributed by atoms with van der Waals surface area (Å²) in [6, 6.07) is 13.7. The highest BCUT2D eigenvalue weighted by atomic mass is 35.5. The highest BCUT2D eigenvalue weighted by Gasteiger charge is 2.32. The average Bonchev–Trinajstić information content (AvgIpc) is 2.92. The van der Waals surface area contributed by atoms with Crippen LogP contribution in [0, 0.1) is 0 Å². The largest absolute Gasteiger partial charge is 0.324 e. The number of fused-ring (bicyclic) bond motifs is 3. The van der Waals surface area contributed by atoms with Gasteiger partial charge in [-0.1, -0.05) is 29.8 Å². The molecule has 0 bridgehead atoms. The maximum Gasteiger partial charge on any atom is 0.248 e. The highest BCUT2D eigenvalue weighted by Crippen LogP contribution is 2.31. The van der Waals surface area contributed by atoms with Crippen LogP contribution in [0.4, 0.5) is 11.6 Å². The van der Waals surface area contributed by atoms with Crippen molar-refractivity contribution in [1.82, 2.24) is 9.55 Å². The number of anilines is 2. The minimum Gasteiger partial charge on any atom is -0.324 e. The second-order valence-corrected chi connectivity index (χ2v) is 6.00. The number of nitrogens with zero attached hydrogens (tertiary/aromatic N) is 2. The zero-order valence-corrected chi connectivity index (χ0v) is 13.2. The molecule has 24 heavy (non-hydrogen) atoms. The minimum atomic E-state index is -0.667. The van der Waals surface area contributed by atoms with Gasteiger partial charge < -0.3 is 5.32 Å². The maximum absolute atomic E-state index is 12.7. The molecule has 120 valence electrons. The fraction of sp³-hybridized carbons (Fsp3) is 0.118. The predicted octanol–water partition coefficient (Wildman–Crippen LogP) is 3.21. The summed E-state index contributed by atoms with van der Waals surface area (Å²) in [6.07, 6.45) is 0.0553. The van der Waals surface area contributed by atoms with E-state index in [1.54, 1.807) is 28.8 Å². The Morgan fingerprint density at radius 1 is 1.25 bits per heavy atom. The fourth-order valence-electron chi connectivity index (χ4n) is 2.89. The number of carbonyl (C=O) groups excluding carboxylic acids is 2. The average molecular weight is 341 g/mol. The number of hydrogen-bond acceptors (Lipinski definition) is 3. The standard InChI is InChI=1S/C17H13ClN4O2/c18-10-4-3-5-11(8-10)19-16(24)14-9-15(23)21-17-20-12-6-1-2-7-13(12)22(14)17/h1-8,14H,9H2,(H,19,24)(H,20,21,23). The van der Waals surface area contributed by atoms with Crippen molar-refractivity contribution in [2.45, 2.75) is 12.5 Å². The molecule has 4 rings (SSSR count). The number of rotatable bonds is 2. The van der Waals surface area contributed by atoms with E-state index in [0.717, 1.165) is 11.0 Å². The number of aromatic nitrogens is 2. The summed E-state index contributed by atoms with van der Waals surface area (Å²) in [6.45, 7) is 0. The molecule has 1 atom stereocenters. The zero-order chi connectivity index (χ0) is 16.7. The second-order valence-electron chi connectivity index (χ2n) is 5.56. The molecule has 0 spiro atoms. The first-order chi connectivity index (χ1) is 11.6. The monoisotopic (exact) mass is 340 g/mol. The van der Waals surface area contributed by atoms with Crippen LogP contribution in [0.15, 0.2) is 48.5 Å².